The molecular formula is C26H23NO. The lowest BCUT2D eigenvalue weighted by Gasteiger charge is -2.25. The Morgan fingerprint density at radius 2 is 1.39 bits per heavy atom. The Balaban J connectivity index is 1.42. The predicted octanol–water partition coefficient (Wildman–Crippen LogP) is 6.33. The number of benzene rings is 4. The van der Waals surface area contributed by atoms with Gasteiger partial charge in [-0.15, -0.1) is 0 Å². The molecule has 0 bridgehead atoms. The first kappa shape index (κ1) is 17.0. The van der Waals surface area contributed by atoms with Gasteiger partial charge in [-0.3, -0.25) is 4.84 Å². The molecule has 1 saturated heterocycles. The number of rotatable bonds is 4. The van der Waals surface area contributed by atoms with Gasteiger partial charge in [0.1, 0.15) is 0 Å². The fourth-order valence-electron chi connectivity index (χ4n) is 4.13. The van der Waals surface area contributed by atoms with Gasteiger partial charge in [0.15, 0.2) is 0 Å². The third-order valence-corrected chi connectivity index (χ3v) is 5.50. The maximum atomic E-state index is 6.46. The number of hydrogen-bond acceptors (Lipinski definition) is 2. The molecule has 4 aromatic carbocycles. The summed E-state index contributed by atoms with van der Waals surface area (Å²) < 4.78 is 0. The van der Waals surface area contributed by atoms with E-state index in [1.807, 2.05) is 6.07 Å². The zero-order valence-corrected chi connectivity index (χ0v) is 15.7. The van der Waals surface area contributed by atoms with Crippen LogP contribution in [0, 0.1) is 0 Å². The Morgan fingerprint density at radius 1 is 0.714 bits per heavy atom. The maximum absolute atomic E-state index is 6.46. The van der Waals surface area contributed by atoms with Gasteiger partial charge in [-0.05, 0) is 34.0 Å². The van der Waals surface area contributed by atoms with Crippen molar-refractivity contribution in [1.82, 2.24) is 0 Å². The van der Waals surface area contributed by atoms with E-state index in [4.69, 9.17) is 4.84 Å². The highest BCUT2D eigenvalue weighted by Crippen LogP contribution is 2.39. The van der Waals surface area contributed by atoms with Crippen molar-refractivity contribution >= 4 is 16.5 Å². The summed E-state index contributed by atoms with van der Waals surface area (Å²) in [5.41, 5.74) is 3.73. The molecule has 0 aliphatic carbocycles. The molecule has 1 fully saturated rings. The average Bonchev–Trinajstić information content (AvgIpc) is 3.19. The van der Waals surface area contributed by atoms with E-state index >= 15 is 0 Å². The van der Waals surface area contributed by atoms with Gasteiger partial charge in [0, 0.05) is 12.8 Å². The van der Waals surface area contributed by atoms with Crippen LogP contribution in [0.2, 0.25) is 0 Å². The third kappa shape index (κ3) is 3.39. The zero-order chi connectivity index (χ0) is 18.8. The van der Waals surface area contributed by atoms with Crippen molar-refractivity contribution in [2.45, 2.75) is 25.0 Å². The SMILES string of the molecule is c1ccc([C@@H]2C[C@H](Cc3ccc4ccccc4c3)ON2c2ccccc2)cc1. The Hall–Kier alpha value is -3.10. The molecule has 0 spiro atoms. The summed E-state index contributed by atoms with van der Waals surface area (Å²) in [5.74, 6) is 0. The number of para-hydroxylation sites is 1. The molecule has 0 N–H and O–H groups in total. The second-order valence-electron chi connectivity index (χ2n) is 7.44. The standard InChI is InChI=1S/C26H23NO/c1-3-10-22(11-4-1)26-19-25(28-27(26)24-13-5-2-6-14-24)18-20-15-16-21-9-7-8-12-23(21)17-20/h1-17,25-26H,18-19H2/t25-,26-/m0/s1. The zero-order valence-electron chi connectivity index (χ0n) is 15.7. The van der Waals surface area contributed by atoms with Crippen molar-refractivity contribution in [1.29, 1.82) is 0 Å². The van der Waals surface area contributed by atoms with E-state index in [2.05, 4.69) is 102 Å². The van der Waals surface area contributed by atoms with Gasteiger partial charge in [0.2, 0.25) is 0 Å². The van der Waals surface area contributed by atoms with E-state index in [1.54, 1.807) is 0 Å². The molecule has 2 atom stereocenters. The minimum Gasteiger partial charge on any atom is -0.269 e. The lowest BCUT2D eigenvalue weighted by molar-refractivity contribution is 0.0839. The number of anilines is 1. The fraction of sp³-hybridized carbons (Fsp3) is 0.154. The van der Waals surface area contributed by atoms with Gasteiger partial charge in [0.05, 0.1) is 17.8 Å². The number of hydrogen-bond donors (Lipinski definition) is 0. The van der Waals surface area contributed by atoms with Crippen LogP contribution in [0.15, 0.2) is 103 Å². The van der Waals surface area contributed by atoms with Crippen molar-refractivity contribution in [2.24, 2.45) is 0 Å². The molecule has 2 nitrogen and oxygen atoms in total. The first-order chi connectivity index (χ1) is 13.9. The van der Waals surface area contributed by atoms with Crippen LogP contribution in [-0.4, -0.2) is 6.10 Å². The number of nitrogens with zero attached hydrogens (tertiary/aromatic N) is 1. The first-order valence-electron chi connectivity index (χ1n) is 9.90. The quantitative estimate of drug-likeness (QED) is 0.419. The highest BCUT2D eigenvalue weighted by Gasteiger charge is 2.34. The van der Waals surface area contributed by atoms with Crippen molar-refractivity contribution < 1.29 is 4.84 Å². The van der Waals surface area contributed by atoms with E-state index in [0.717, 1.165) is 18.5 Å². The predicted molar refractivity (Wildman–Crippen MR) is 115 cm³/mol. The molecule has 0 aromatic heterocycles. The lowest BCUT2D eigenvalue weighted by Crippen LogP contribution is -2.22. The van der Waals surface area contributed by atoms with E-state index in [1.165, 1.54) is 21.9 Å². The summed E-state index contributed by atoms with van der Waals surface area (Å²) in [4.78, 5) is 6.46. The number of fused-ring (bicyclic) bond motifs is 1. The van der Waals surface area contributed by atoms with Crippen LogP contribution in [0.25, 0.3) is 10.8 Å². The molecular weight excluding hydrogens is 342 g/mol. The van der Waals surface area contributed by atoms with E-state index < -0.39 is 0 Å². The summed E-state index contributed by atoms with van der Waals surface area (Å²) in [5, 5.41) is 4.67. The first-order valence-corrected chi connectivity index (χ1v) is 9.90. The van der Waals surface area contributed by atoms with Crippen LogP contribution >= 0.6 is 0 Å². The van der Waals surface area contributed by atoms with Crippen molar-refractivity contribution in [2.75, 3.05) is 5.06 Å². The number of hydroxylamine groups is 1. The minimum atomic E-state index is 0.159. The van der Waals surface area contributed by atoms with E-state index in [9.17, 15) is 0 Å². The molecule has 4 aromatic rings. The van der Waals surface area contributed by atoms with Crippen LogP contribution in [0.4, 0.5) is 5.69 Å². The molecule has 0 unspecified atom stereocenters. The van der Waals surface area contributed by atoms with Gasteiger partial charge in [0.25, 0.3) is 0 Å². The van der Waals surface area contributed by atoms with Crippen LogP contribution < -0.4 is 5.06 Å². The molecule has 1 aliphatic rings. The van der Waals surface area contributed by atoms with Gasteiger partial charge < -0.3 is 0 Å². The second kappa shape index (κ2) is 7.49. The summed E-state index contributed by atoms with van der Waals surface area (Å²) >= 11 is 0. The summed E-state index contributed by atoms with van der Waals surface area (Å²) in [6, 6.07) is 36.6. The Bertz CT molecular complexity index is 1010. The molecule has 0 saturated carbocycles. The van der Waals surface area contributed by atoms with Gasteiger partial charge >= 0.3 is 0 Å². The van der Waals surface area contributed by atoms with Crippen LogP contribution in [0.5, 0.6) is 0 Å². The van der Waals surface area contributed by atoms with Gasteiger partial charge in [-0.1, -0.05) is 91.0 Å². The second-order valence-corrected chi connectivity index (χ2v) is 7.44. The van der Waals surface area contributed by atoms with Gasteiger partial charge in [-0.2, -0.15) is 0 Å². The summed E-state index contributed by atoms with van der Waals surface area (Å²) in [7, 11) is 0. The molecule has 5 rings (SSSR count). The van der Waals surface area contributed by atoms with Crippen LogP contribution in [-0.2, 0) is 11.3 Å². The third-order valence-electron chi connectivity index (χ3n) is 5.50. The van der Waals surface area contributed by atoms with E-state index in [0.29, 0.717) is 0 Å². The fourth-order valence-corrected chi connectivity index (χ4v) is 4.13. The Labute approximate surface area is 166 Å². The average molecular weight is 365 g/mol. The molecule has 28 heavy (non-hydrogen) atoms. The largest absolute Gasteiger partial charge is 0.269 e. The van der Waals surface area contributed by atoms with Crippen molar-refractivity contribution in [3.05, 3.63) is 114 Å². The highest BCUT2D eigenvalue weighted by atomic mass is 16.7. The van der Waals surface area contributed by atoms with Crippen LogP contribution in [0.1, 0.15) is 23.6 Å². The Kier molecular flexibility index (Phi) is 4.56. The van der Waals surface area contributed by atoms with Gasteiger partial charge in [-0.25, -0.2) is 5.06 Å². The maximum Gasteiger partial charge on any atom is 0.0920 e. The topological polar surface area (TPSA) is 12.5 Å². The lowest BCUT2D eigenvalue weighted by atomic mass is 9.97. The smallest absolute Gasteiger partial charge is 0.0920 e. The van der Waals surface area contributed by atoms with Crippen LogP contribution in [0.3, 0.4) is 0 Å². The Morgan fingerprint density at radius 3 is 2.18 bits per heavy atom. The molecule has 0 radical (unpaired) electrons. The minimum absolute atomic E-state index is 0.159. The molecule has 1 aliphatic heterocycles. The highest BCUT2D eigenvalue weighted by molar-refractivity contribution is 5.83. The normalized spacial score (nSPS) is 19.2. The molecule has 138 valence electrons. The van der Waals surface area contributed by atoms with E-state index in [-0.39, 0.29) is 12.1 Å². The summed E-state index contributed by atoms with van der Waals surface area (Å²) in [6.07, 6.45) is 2.05. The monoisotopic (exact) mass is 365 g/mol. The van der Waals surface area contributed by atoms with Crippen molar-refractivity contribution in [3.8, 4) is 0 Å². The molecule has 0 amide bonds. The van der Waals surface area contributed by atoms with Crippen molar-refractivity contribution in [3.63, 3.8) is 0 Å². The summed E-state index contributed by atoms with van der Waals surface area (Å²) in [6.45, 7) is 0. The molecule has 2 heteroatoms. The molecule has 1 heterocycles.